The molecule has 2 aliphatic heterocycles. The van der Waals surface area contributed by atoms with Crippen molar-refractivity contribution in [2.45, 2.75) is 33.1 Å². The van der Waals surface area contributed by atoms with Crippen molar-refractivity contribution >= 4 is 35.1 Å². The quantitative estimate of drug-likeness (QED) is 0.301. The van der Waals surface area contributed by atoms with Gasteiger partial charge in [-0.1, -0.05) is 35.9 Å². The van der Waals surface area contributed by atoms with E-state index in [1.165, 1.54) is 4.90 Å². The highest BCUT2D eigenvalue weighted by Crippen LogP contribution is 2.40. The highest BCUT2D eigenvalue weighted by molar-refractivity contribution is 6.22. The molecule has 2 aromatic carbocycles. The van der Waals surface area contributed by atoms with Gasteiger partial charge in [0.25, 0.3) is 0 Å². The van der Waals surface area contributed by atoms with Crippen molar-refractivity contribution in [1.82, 2.24) is 0 Å². The largest absolute Gasteiger partial charge is 0.426 e. The first-order valence-electron chi connectivity index (χ1n) is 11.5. The van der Waals surface area contributed by atoms with Gasteiger partial charge in [0.1, 0.15) is 5.75 Å². The Bertz CT molecular complexity index is 1230. The molecular formula is C27H26N2O5. The van der Waals surface area contributed by atoms with Crippen LogP contribution in [0.15, 0.2) is 60.2 Å². The maximum absolute atomic E-state index is 13.0. The van der Waals surface area contributed by atoms with Crippen LogP contribution in [0.4, 0.5) is 11.4 Å². The molecule has 2 aromatic rings. The first-order chi connectivity index (χ1) is 16.3. The molecule has 0 bridgehead atoms. The molecule has 0 unspecified atom stereocenters. The number of imide groups is 1. The summed E-state index contributed by atoms with van der Waals surface area (Å²) in [5.74, 6) is -2.06. The van der Waals surface area contributed by atoms with E-state index in [0.29, 0.717) is 18.5 Å². The first-order valence-corrected chi connectivity index (χ1v) is 11.5. The monoisotopic (exact) mass is 458 g/mol. The van der Waals surface area contributed by atoms with Crippen LogP contribution in [0.1, 0.15) is 31.7 Å². The molecule has 5 rings (SSSR count). The number of allylic oxidation sites excluding steroid dienone is 2. The lowest BCUT2D eigenvalue weighted by molar-refractivity contribution is -0.139. The second kappa shape index (κ2) is 8.56. The zero-order valence-corrected chi connectivity index (χ0v) is 19.2. The number of amides is 3. The van der Waals surface area contributed by atoms with Gasteiger partial charge in [0, 0.05) is 24.7 Å². The summed E-state index contributed by atoms with van der Waals surface area (Å²) in [6.07, 6.45) is 3.26. The van der Waals surface area contributed by atoms with E-state index < -0.39 is 11.9 Å². The maximum atomic E-state index is 13.0. The minimum absolute atomic E-state index is 0.0751. The van der Waals surface area contributed by atoms with Crippen LogP contribution in [0.5, 0.6) is 5.75 Å². The summed E-state index contributed by atoms with van der Waals surface area (Å²) in [6, 6.07) is 14.0. The molecule has 34 heavy (non-hydrogen) atoms. The topological polar surface area (TPSA) is 84.0 Å². The molecule has 0 saturated carbocycles. The number of fused-ring (bicyclic) bond motifs is 1. The van der Waals surface area contributed by atoms with Gasteiger partial charge in [0.15, 0.2) is 0 Å². The number of carbonyl (C=O) groups is 4. The van der Waals surface area contributed by atoms with Crippen molar-refractivity contribution in [2.24, 2.45) is 17.8 Å². The molecule has 7 nitrogen and oxygen atoms in total. The van der Waals surface area contributed by atoms with E-state index in [2.05, 4.69) is 0 Å². The standard InChI is InChI=1S/C27H26N2O5/c1-16-10-11-21-22(12-16)26(32)29(25(21)31)19-7-5-8-20(14-19)34-27(33)18-13-24(30)28(15-18)23-9-4-3-6-17(23)2/h3-10,14,18,21-22H,11-13,15H2,1-2H3/t18-,21-,22-/m0/s1. The van der Waals surface area contributed by atoms with Gasteiger partial charge in [0.2, 0.25) is 17.7 Å². The Hall–Kier alpha value is -3.74. The number of benzene rings is 2. The number of rotatable bonds is 4. The number of esters is 1. The molecule has 2 fully saturated rings. The Morgan fingerprint density at radius 3 is 2.50 bits per heavy atom. The Labute approximate surface area is 198 Å². The molecule has 2 heterocycles. The smallest absolute Gasteiger partial charge is 0.316 e. The summed E-state index contributed by atoms with van der Waals surface area (Å²) >= 11 is 0. The fourth-order valence-electron chi connectivity index (χ4n) is 5.14. The molecule has 2 saturated heterocycles. The van der Waals surface area contributed by atoms with Crippen molar-refractivity contribution in [2.75, 3.05) is 16.3 Å². The Balaban J connectivity index is 1.30. The van der Waals surface area contributed by atoms with E-state index >= 15 is 0 Å². The highest BCUT2D eigenvalue weighted by Gasteiger charge is 2.48. The van der Waals surface area contributed by atoms with Gasteiger partial charge in [0.05, 0.1) is 23.4 Å². The number of nitrogens with zero attached hydrogens (tertiary/aromatic N) is 2. The molecule has 0 radical (unpaired) electrons. The van der Waals surface area contributed by atoms with E-state index in [9.17, 15) is 19.2 Å². The molecule has 174 valence electrons. The minimum atomic E-state index is -0.595. The Morgan fingerprint density at radius 2 is 1.71 bits per heavy atom. The third-order valence-corrected chi connectivity index (χ3v) is 6.98. The van der Waals surface area contributed by atoms with Gasteiger partial charge >= 0.3 is 5.97 Å². The third kappa shape index (κ3) is 3.81. The van der Waals surface area contributed by atoms with E-state index in [1.54, 1.807) is 29.2 Å². The van der Waals surface area contributed by atoms with Crippen LogP contribution >= 0.6 is 0 Å². The average molecular weight is 459 g/mol. The molecule has 3 amide bonds. The van der Waals surface area contributed by atoms with E-state index in [0.717, 1.165) is 16.8 Å². The van der Waals surface area contributed by atoms with E-state index in [-0.39, 0.29) is 48.3 Å². The third-order valence-electron chi connectivity index (χ3n) is 6.98. The lowest BCUT2D eigenvalue weighted by Crippen LogP contribution is -2.31. The van der Waals surface area contributed by atoms with E-state index in [4.69, 9.17) is 4.74 Å². The summed E-state index contributed by atoms with van der Waals surface area (Å²) in [6.45, 7) is 4.15. The molecule has 0 N–H and O–H groups in total. The molecule has 3 aliphatic rings. The minimum Gasteiger partial charge on any atom is -0.426 e. The van der Waals surface area contributed by atoms with Crippen LogP contribution in [0.3, 0.4) is 0 Å². The Kier molecular flexibility index (Phi) is 5.55. The van der Waals surface area contributed by atoms with Crippen molar-refractivity contribution in [3.63, 3.8) is 0 Å². The van der Waals surface area contributed by atoms with Gasteiger partial charge in [-0.15, -0.1) is 0 Å². The van der Waals surface area contributed by atoms with Crippen LogP contribution in [0.2, 0.25) is 0 Å². The van der Waals surface area contributed by atoms with Gasteiger partial charge in [-0.25, -0.2) is 4.90 Å². The molecule has 0 aromatic heterocycles. The normalized spacial score (nSPS) is 24.4. The van der Waals surface area contributed by atoms with Crippen molar-refractivity contribution in [3.8, 4) is 5.75 Å². The van der Waals surface area contributed by atoms with Crippen LogP contribution in [0.25, 0.3) is 0 Å². The van der Waals surface area contributed by atoms with Gasteiger partial charge < -0.3 is 9.64 Å². The van der Waals surface area contributed by atoms with Crippen molar-refractivity contribution in [1.29, 1.82) is 0 Å². The summed E-state index contributed by atoms with van der Waals surface area (Å²) < 4.78 is 5.59. The number of hydrogen-bond acceptors (Lipinski definition) is 5. The van der Waals surface area contributed by atoms with Gasteiger partial charge in [-0.05, 0) is 50.5 Å². The zero-order valence-electron chi connectivity index (χ0n) is 19.2. The SMILES string of the molecule is CC1=CC[C@@H]2C(=O)N(c3cccc(OC(=O)[C@H]4CC(=O)N(c5ccccc5C)C4)c3)C(=O)[C@H]2C1. The predicted molar refractivity (Wildman–Crippen MR) is 126 cm³/mol. The average Bonchev–Trinajstić information content (AvgIpc) is 3.31. The maximum Gasteiger partial charge on any atom is 0.316 e. The van der Waals surface area contributed by atoms with Crippen LogP contribution < -0.4 is 14.5 Å². The molecule has 0 spiro atoms. The fraction of sp³-hybridized carbons (Fsp3) is 0.333. The van der Waals surface area contributed by atoms with Crippen LogP contribution in [-0.4, -0.2) is 30.2 Å². The number of carbonyl (C=O) groups excluding carboxylic acids is 4. The molecule has 1 aliphatic carbocycles. The summed E-state index contributed by atoms with van der Waals surface area (Å²) in [5.41, 5.74) is 3.28. The van der Waals surface area contributed by atoms with Crippen LogP contribution in [0, 0.1) is 24.7 Å². The van der Waals surface area contributed by atoms with E-state index in [1.807, 2.05) is 44.2 Å². The molecule has 3 atom stereocenters. The highest BCUT2D eigenvalue weighted by atomic mass is 16.5. The second-order valence-corrected chi connectivity index (χ2v) is 9.33. The van der Waals surface area contributed by atoms with Crippen molar-refractivity contribution in [3.05, 3.63) is 65.7 Å². The van der Waals surface area contributed by atoms with Crippen LogP contribution in [-0.2, 0) is 19.2 Å². The predicted octanol–water partition coefficient (Wildman–Crippen LogP) is 3.80. The summed E-state index contributed by atoms with van der Waals surface area (Å²) in [7, 11) is 0. The lowest BCUT2D eigenvalue weighted by atomic mass is 9.82. The molecule has 7 heteroatoms. The number of aryl methyl sites for hydroxylation is 1. The summed E-state index contributed by atoms with van der Waals surface area (Å²) in [5, 5.41) is 0. The van der Waals surface area contributed by atoms with Gasteiger partial charge in [-0.2, -0.15) is 0 Å². The molecular weight excluding hydrogens is 432 g/mol. The Morgan fingerprint density at radius 1 is 0.941 bits per heavy atom. The summed E-state index contributed by atoms with van der Waals surface area (Å²) in [4.78, 5) is 54.2. The number of anilines is 2. The zero-order chi connectivity index (χ0) is 24.0. The fourth-order valence-corrected chi connectivity index (χ4v) is 5.14. The first kappa shape index (κ1) is 22.1. The number of hydrogen-bond donors (Lipinski definition) is 0. The second-order valence-electron chi connectivity index (χ2n) is 9.33. The number of ether oxygens (including phenoxy) is 1. The van der Waals surface area contributed by atoms with Crippen molar-refractivity contribution < 1.29 is 23.9 Å². The number of para-hydroxylation sites is 1. The van der Waals surface area contributed by atoms with Gasteiger partial charge in [-0.3, -0.25) is 19.2 Å². The lowest BCUT2D eigenvalue weighted by Gasteiger charge is -2.19.